The molecule has 1 rings (SSSR count). The Balaban J connectivity index is 2.82. The second-order valence-corrected chi connectivity index (χ2v) is 4.23. The van der Waals surface area contributed by atoms with Gasteiger partial charge in [-0.1, -0.05) is 32.1 Å². The molecule has 0 saturated carbocycles. The first kappa shape index (κ1) is 13.3. The van der Waals surface area contributed by atoms with Crippen LogP contribution in [0.2, 0.25) is 0 Å². The van der Waals surface area contributed by atoms with Crippen LogP contribution in [0, 0.1) is 0 Å². The Morgan fingerprint density at radius 3 is 2.76 bits per heavy atom. The normalized spacial score (nSPS) is 11.1. The molecule has 0 aliphatic carbocycles. The van der Waals surface area contributed by atoms with Gasteiger partial charge in [-0.3, -0.25) is 4.79 Å². The Kier molecular flexibility index (Phi) is 4.76. The SMILES string of the molecule is COC(=O)CC=Cc1cc(C(C)C)ccc1N. The zero-order chi connectivity index (χ0) is 12.8. The summed E-state index contributed by atoms with van der Waals surface area (Å²) in [6, 6.07) is 5.97. The summed E-state index contributed by atoms with van der Waals surface area (Å²) in [5, 5.41) is 0. The topological polar surface area (TPSA) is 52.3 Å². The van der Waals surface area contributed by atoms with Crippen LogP contribution < -0.4 is 5.73 Å². The first-order valence-electron chi connectivity index (χ1n) is 5.67. The Labute approximate surface area is 102 Å². The number of methoxy groups -OCH3 is 1. The van der Waals surface area contributed by atoms with Gasteiger partial charge in [-0.05, 0) is 29.2 Å². The number of anilines is 1. The predicted molar refractivity (Wildman–Crippen MR) is 70.6 cm³/mol. The third-order valence-electron chi connectivity index (χ3n) is 2.59. The smallest absolute Gasteiger partial charge is 0.309 e. The zero-order valence-electron chi connectivity index (χ0n) is 10.6. The van der Waals surface area contributed by atoms with E-state index in [0.717, 1.165) is 11.3 Å². The number of ether oxygens (including phenoxy) is 1. The Hall–Kier alpha value is -1.77. The fourth-order valence-corrected chi connectivity index (χ4v) is 1.46. The summed E-state index contributed by atoms with van der Waals surface area (Å²) < 4.78 is 4.56. The van der Waals surface area contributed by atoms with Gasteiger partial charge < -0.3 is 10.5 Å². The van der Waals surface area contributed by atoms with E-state index in [1.807, 2.05) is 24.3 Å². The summed E-state index contributed by atoms with van der Waals surface area (Å²) in [5.41, 5.74) is 8.77. The number of esters is 1. The van der Waals surface area contributed by atoms with Gasteiger partial charge in [-0.15, -0.1) is 0 Å². The molecule has 0 radical (unpaired) electrons. The molecule has 0 bridgehead atoms. The monoisotopic (exact) mass is 233 g/mol. The molecule has 1 aromatic rings. The lowest BCUT2D eigenvalue weighted by atomic mass is 9.99. The predicted octanol–water partition coefficient (Wildman–Crippen LogP) is 2.97. The Bertz CT molecular complexity index is 422. The highest BCUT2D eigenvalue weighted by Crippen LogP contribution is 2.21. The van der Waals surface area contributed by atoms with Gasteiger partial charge in [0.25, 0.3) is 0 Å². The van der Waals surface area contributed by atoms with Gasteiger partial charge in [-0.2, -0.15) is 0 Å². The minimum atomic E-state index is -0.250. The van der Waals surface area contributed by atoms with Crippen molar-refractivity contribution < 1.29 is 9.53 Å². The van der Waals surface area contributed by atoms with Crippen molar-refractivity contribution in [1.29, 1.82) is 0 Å². The van der Waals surface area contributed by atoms with Crippen LogP contribution in [0.3, 0.4) is 0 Å². The van der Waals surface area contributed by atoms with E-state index < -0.39 is 0 Å². The van der Waals surface area contributed by atoms with Crippen LogP contribution in [0.5, 0.6) is 0 Å². The lowest BCUT2D eigenvalue weighted by Gasteiger charge is -2.08. The standard InChI is InChI=1S/C14H19NO2/c1-10(2)11-7-8-13(15)12(9-11)5-4-6-14(16)17-3/h4-5,7-10H,6,15H2,1-3H3. The van der Waals surface area contributed by atoms with Crippen molar-refractivity contribution in [2.75, 3.05) is 12.8 Å². The number of rotatable bonds is 4. The van der Waals surface area contributed by atoms with E-state index in [9.17, 15) is 4.79 Å². The lowest BCUT2D eigenvalue weighted by Crippen LogP contribution is -1.97. The third-order valence-corrected chi connectivity index (χ3v) is 2.59. The van der Waals surface area contributed by atoms with Crippen LogP contribution in [0.4, 0.5) is 5.69 Å². The van der Waals surface area contributed by atoms with Gasteiger partial charge in [-0.25, -0.2) is 0 Å². The number of carbonyl (C=O) groups excluding carboxylic acids is 1. The van der Waals surface area contributed by atoms with Crippen molar-refractivity contribution in [3.8, 4) is 0 Å². The average molecular weight is 233 g/mol. The summed E-state index contributed by atoms with van der Waals surface area (Å²) in [6.45, 7) is 4.26. The summed E-state index contributed by atoms with van der Waals surface area (Å²) in [4.78, 5) is 11.0. The number of hydrogen-bond donors (Lipinski definition) is 1. The van der Waals surface area contributed by atoms with E-state index in [4.69, 9.17) is 5.73 Å². The quantitative estimate of drug-likeness (QED) is 0.642. The van der Waals surface area contributed by atoms with E-state index in [0.29, 0.717) is 5.92 Å². The average Bonchev–Trinajstić information content (AvgIpc) is 2.30. The summed E-state index contributed by atoms with van der Waals surface area (Å²) in [6.07, 6.45) is 3.89. The highest BCUT2D eigenvalue weighted by atomic mass is 16.5. The Morgan fingerprint density at radius 1 is 1.47 bits per heavy atom. The molecule has 3 nitrogen and oxygen atoms in total. The van der Waals surface area contributed by atoms with Crippen molar-refractivity contribution >= 4 is 17.7 Å². The lowest BCUT2D eigenvalue weighted by molar-refractivity contribution is -0.139. The van der Waals surface area contributed by atoms with Gasteiger partial charge >= 0.3 is 5.97 Å². The molecule has 0 aliphatic heterocycles. The largest absolute Gasteiger partial charge is 0.469 e. The van der Waals surface area contributed by atoms with Gasteiger partial charge in [0, 0.05) is 5.69 Å². The maximum Gasteiger partial charge on any atom is 0.309 e. The number of nitrogens with two attached hydrogens (primary N) is 1. The molecular formula is C14H19NO2. The molecule has 0 aromatic heterocycles. The highest BCUT2D eigenvalue weighted by Gasteiger charge is 2.02. The van der Waals surface area contributed by atoms with Crippen LogP contribution in [0.25, 0.3) is 6.08 Å². The first-order valence-corrected chi connectivity index (χ1v) is 5.67. The molecule has 17 heavy (non-hydrogen) atoms. The molecular weight excluding hydrogens is 214 g/mol. The zero-order valence-corrected chi connectivity index (χ0v) is 10.6. The summed E-state index contributed by atoms with van der Waals surface area (Å²) in [5.74, 6) is 0.211. The van der Waals surface area contributed by atoms with Gasteiger partial charge in [0.1, 0.15) is 0 Å². The highest BCUT2D eigenvalue weighted by molar-refractivity contribution is 5.74. The fourth-order valence-electron chi connectivity index (χ4n) is 1.46. The number of carbonyl (C=O) groups is 1. The molecule has 2 N–H and O–H groups in total. The number of hydrogen-bond acceptors (Lipinski definition) is 3. The molecule has 3 heteroatoms. The maximum absolute atomic E-state index is 11.0. The number of nitrogen functional groups attached to an aromatic ring is 1. The van der Waals surface area contributed by atoms with E-state index in [-0.39, 0.29) is 12.4 Å². The van der Waals surface area contributed by atoms with E-state index in [1.165, 1.54) is 12.7 Å². The van der Waals surface area contributed by atoms with Gasteiger partial charge in [0.15, 0.2) is 0 Å². The molecule has 0 saturated heterocycles. The van der Waals surface area contributed by atoms with E-state index in [1.54, 1.807) is 6.08 Å². The van der Waals surface area contributed by atoms with Gasteiger partial charge in [0.2, 0.25) is 0 Å². The van der Waals surface area contributed by atoms with Crippen LogP contribution >= 0.6 is 0 Å². The molecule has 0 spiro atoms. The molecule has 92 valence electrons. The second-order valence-electron chi connectivity index (χ2n) is 4.23. The molecule has 0 aliphatic rings. The van der Waals surface area contributed by atoms with Crippen LogP contribution in [-0.2, 0) is 9.53 Å². The molecule has 0 amide bonds. The second kappa shape index (κ2) is 6.09. The van der Waals surface area contributed by atoms with Crippen molar-refractivity contribution in [3.05, 3.63) is 35.4 Å². The summed E-state index contributed by atoms with van der Waals surface area (Å²) in [7, 11) is 1.38. The fraction of sp³-hybridized carbons (Fsp3) is 0.357. The third kappa shape index (κ3) is 3.94. The minimum Gasteiger partial charge on any atom is -0.469 e. The van der Waals surface area contributed by atoms with Crippen LogP contribution in [-0.4, -0.2) is 13.1 Å². The van der Waals surface area contributed by atoms with Crippen molar-refractivity contribution in [1.82, 2.24) is 0 Å². The van der Waals surface area contributed by atoms with E-state index >= 15 is 0 Å². The molecule has 0 unspecified atom stereocenters. The molecule has 0 heterocycles. The summed E-state index contributed by atoms with van der Waals surface area (Å²) >= 11 is 0. The van der Waals surface area contributed by atoms with Crippen LogP contribution in [0.1, 0.15) is 37.3 Å². The van der Waals surface area contributed by atoms with Crippen molar-refractivity contribution in [2.45, 2.75) is 26.2 Å². The van der Waals surface area contributed by atoms with Crippen molar-refractivity contribution in [2.24, 2.45) is 0 Å². The van der Waals surface area contributed by atoms with Gasteiger partial charge in [0.05, 0.1) is 13.5 Å². The van der Waals surface area contributed by atoms with Crippen molar-refractivity contribution in [3.63, 3.8) is 0 Å². The molecule has 0 atom stereocenters. The molecule has 1 aromatic carbocycles. The number of benzene rings is 1. The van der Waals surface area contributed by atoms with E-state index in [2.05, 4.69) is 18.6 Å². The Morgan fingerprint density at radius 2 is 2.18 bits per heavy atom. The molecule has 0 fully saturated rings. The maximum atomic E-state index is 11.0. The minimum absolute atomic E-state index is 0.250. The first-order chi connectivity index (χ1) is 8.04. The van der Waals surface area contributed by atoms with Crippen LogP contribution in [0.15, 0.2) is 24.3 Å².